The van der Waals surface area contributed by atoms with Crippen LogP contribution in [0.1, 0.15) is 18.0 Å². The third kappa shape index (κ3) is 4.04. The molecule has 2 heterocycles. The molecule has 7 nitrogen and oxygen atoms in total. The Hall–Kier alpha value is -2.88. The fraction of sp³-hybridized carbons (Fsp3) is 0.238. The maximum Gasteiger partial charge on any atom is 0.230 e. The van der Waals surface area contributed by atoms with Gasteiger partial charge >= 0.3 is 0 Å². The molecule has 1 fully saturated rings. The highest BCUT2D eigenvalue weighted by atomic mass is 32.3. The second-order valence-corrected chi connectivity index (χ2v) is 9.14. The van der Waals surface area contributed by atoms with E-state index in [0.717, 1.165) is 0 Å². The lowest BCUT2D eigenvalue weighted by Gasteiger charge is -2.28. The minimum atomic E-state index is -3.84. The molecule has 1 unspecified atom stereocenters. The van der Waals surface area contributed by atoms with E-state index in [-0.39, 0.29) is 23.8 Å². The Morgan fingerprint density at radius 2 is 1.87 bits per heavy atom. The van der Waals surface area contributed by atoms with E-state index in [9.17, 15) is 17.9 Å². The standard InChI is InChI=1S/C21H21FN4O3S/c1-25-12-11-20(24-25)23-21(27)16-13-19(15-7-9-17(22)10-8-15)26(14-16)30(28,29)18-5-3-2-4-6-18/h2-12,16,19H,13-14H2,1H3,(H-,23,24,27,28,29)/t16-,19+/m1/s1. The molecule has 2 aromatic carbocycles. The number of rotatable bonds is 5. The van der Waals surface area contributed by atoms with Gasteiger partial charge in [0.15, 0.2) is 21.1 Å². The highest BCUT2D eigenvalue weighted by Gasteiger charge is 2.47. The molecule has 30 heavy (non-hydrogen) atoms. The van der Waals surface area contributed by atoms with Crippen molar-refractivity contribution in [1.29, 1.82) is 0 Å². The monoisotopic (exact) mass is 428 g/mol. The zero-order valence-electron chi connectivity index (χ0n) is 16.3. The number of hydrogen-bond donors (Lipinski definition) is 1. The Balaban J connectivity index is 1.64. The topological polar surface area (TPSA) is 90.3 Å². The molecule has 0 spiro atoms. The molecule has 1 N–H and O–H groups in total. The van der Waals surface area contributed by atoms with Gasteiger partial charge in [0.05, 0.1) is 18.5 Å². The molecular formula is C21H21FN4O3S. The Labute approximate surface area is 174 Å². The quantitative estimate of drug-likeness (QED) is 0.632. The summed E-state index contributed by atoms with van der Waals surface area (Å²) >= 11 is 0. The largest absolute Gasteiger partial charge is 0.593 e. The lowest BCUT2D eigenvalue weighted by molar-refractivity contribution is -0.119. The van der Waals surface area contributed by atoms with Crippen molar-refractivity contribution < 1.29 is 17.9 Å². The summed E-state index contributed by atoms with van der Waals surface area (Å²) in [5.74, 6) is -0.865. The Kier molecular flexibility index (Phi) is 5.50. The molecule has 1 saturated heterocycles. The maximum absolute atomic E-state index is 13.4. The average molecular weight is 428 g/mol. The van der Waals surface area contributed by atoms with Gasteiger partial charge in [-0.05, 0) is 36.2 Å². The van der Waals surface area contributed by atoms with Crippen LogP contribution in [-0.2, 0) is 26.5 Å². The van der Waals surface area contributed by atoms with Crippen molar-refractivity contribution >= 4 is 22.1 Å². The SMILES string of the molecule is Cn1ccc(NC(=O)[C@@H]2C[C@@H](c3ccc(F)cc3)N([S+](=O)([O-])c3ccccc3)C2)n1. The van der Waals surface area contributed by atoms with Crippen LogP contribution in [-0.4, -0.2) is 31.1 Å². The molecule has 1 amide bonds. The number of benzene rings is 2. The maximum atomic E-state index is 13.4. The van der Waals surface area contributed by atoms with Crippen LogP contribution >= 0.6 is 0 Å². The normalized spacial score (nSPS) is 21.3. The summed E-state index contributed by atoms with van der Waals surface area (Å²) in [6, 6.07) is 14.9. The summed E-state index contributed by atoms with van der Waals surface area (Å²) in [4.78, 5) is 13.0. The number of nitrogens with zero attached hydrogens (tertiary/aromatic N) is 3. The molecule has 3 atom stereocenters. The summed E-state index contributed by atoms with van der Waals surface area (Å²) in [5, 5.41) is 6.88. The fourth-order valence-electron chi connectivity index (χ4n) is 3.69. The van der Waals surface area contributed by atoms with E-state index in [1.165, 1.54) is 28.6 Å². The van der Waals surface area contributed by atoms with Crippen LogP contribution in [0.3, 0.4) is 0 Å². The van der Waals surface area contributed by atoms with Crippen LogP contribution in [0.4, 0.5) is 10.2 Å². The predicted molar refractivity (Wildman–Crippen MR) is 109 cm³/mol. The molecular weight excluding hydrogens is 407 g/mol. The minimum absolute atomic E-state index is 0.0257. The second-order valence-electron chi connectivity index (χ2n) is 7.25. The zero-order chi connectivity index (χ0) is 21.3. The number of carbonyl (C=O) groups excluding carboxylic acids is 1. The number of halogens is 1. The third-order valence-electron chi connectivity index (χ3n) is 5.20. The first kappa shape index (κ1) is 20.4. The van der Waals surface area contributed by atoms with E-state index in [4.69, 9.17) is 0 Å². The van der Waals surface area contributed by atoms with Gasteiger partial charge in [0.2, 0.25) is 5.91 Å². The first-order valence-electron chi connectivity index (χ1n) is 9.47. The second kappa shape index (κ2) is 8.10. The zero-order valence-corrected chi connectivity index (χ0v) is 17.1. The highest BCUT2D eigenvalue weighted by Crippen LogP contribution is 2.41. The number of aryl methyl sites for hydroxylation is 1. The number of nitrogens with one attached hydrogen (secondary N) is 1. The van der Waals surface area contributed by atoms with Crippen LogP contribution in [0.2, 0.25) is 0 Å². The molecule has 9 heteroatoms. The molecule has 156 valence electrons. The van der Waals surface area contributed by atoms with Crippen molar-refractivity contribution in [3.05, 3.63) is 78.2 Å². The van der Waals surface area contributed by atoms with E-state index < -0.39 is 28.2 Å². The summed E-state index contributed by atoms with van der Waals surface area (Å²) in [6.07, 6.45) is 1.99. The molecule has 1 aliphatic heterocycles. The van der Waals surface area contributed by atoms with Crippen molar-refractivity contribution in [1.82, 2.24) is 14.1 Å². The molecule has 0 saturated carbocycles. The molecule has 3 aromatic rings. The van der Waals surface area contributed by atoms with E-state index >= 15 is 0 Å². The van der Waals surface area contributed by atoms with E-state index in [1.54, 1.807) is 54.3 Å². The van der Waals surface area contributed by atoms with Gasteiger partial charge < -0.3 is 9.87 Å². The lowest BCUT2D eigenvalue weighted by Crippen LogP contribution is -2.37. The minimum Gasteiger partial charge on any atom is -0.593 e. The van der Waals surface area contributed by atoms with Crippen LogP contribution < -0.4 is 5.32 Å². The summed E-state index contributed by atoms with van der Waals surface area (Å²) in [6.45, 7) is 0.0257. The number of sulfonamides is 1. The van der Waals surface area contributed by atoms with Crippen LogP contribution in [0, 0.1) is 11.7 Å². The van der Waals surface area contributed by atoms with E-state index in [0.29, 0.717) is 11.4 Å². The van der Waals surface area contributed by atoms with Gasteiger partial charge in [-0.3, -0.25) is 9.48 Å². The Morgan fingerprint density at radius 3 is 2.50 bits per heavy atom. The van der Waals surface area contributed by atoms with Gasteiger partial charge in [0.1, 0.15) is 5.82 Å². The molecule has 0 aliphatic carbocycles. The van der Waals surface area contributed by atoms with Crippen molar-refractivity contribution in [3.8, 4) is 0 Å². The van der Waals surface area contributed by atoms with Gasteiger partial charge in [0.25, 0.3) is 0 Å². The fourth-order valence-corrected chi connectivity index (χ4v) is 5.38. The van der Waals surface area contributed by atoms with Gasteiger partial charge in [0, 0.05) is 19.3 Å². The van der Waals surface area contributed by atoms with Crippen molar-refractivity contribution in [3.63, 3.8) is 0 Å². The smallest absolute Gasteiger partial charge is 0.230 e. The van der Waals surface area contributed by atoms with Gasteiger partial charge in [-0.1, -0.05) is 34.5 Å². The molecule has 1 aliphatic rings. The number of anilines is 1. The predicted octanol–water partition coefficient (Wildman–Crippen LogP) is 3.16. The Morgan fingerprint density at radius 1 is 1.17 bits per heavy atom. The van der Waals surface area contributed by atoms with E-state index in [1.807, 2.05) is 0 Å². The van der Waals surface area contributed by atoms with E-state index in [2.05, 4.69) is 10.4 Å². The van der Waals surface area contributed by atoms with Crippen molar-refractivity contribution in [2.45, 2.75) is 17.4 Å². The van der Waals surface area contributed by atoms with Crippen LogP contribution in [0.25, 0.3) is 0 Å². The number of hydrogen-bond acceptors (Lipinski definition) is 4. The average Bonchev–Trinajstić information content (AvgIpc) is 3.36. The molecule has 1 aromatic heterocycles. The van der Waals surface area contributed by atoms with Crippen molar-refractivity contribution in [2.75, 3.05) is 11.9 Å². The van der Waals surface area contributed by atoms with Gasteiger partial charge in [-0.2, -0.15) is 5.10 Å². The Bertz CT molecular complexity index is 1090. The number of amides is 1. The molecule has 0 radical (unpaired) electrons. The van der Waals surface area contributed by atoms with Crippen LogP contribution in [0.5, 0.6) is 0 Å². The lowest BCUT2D eigenvalue weighted by atomic mass is 9.99. The van der Waals surface area contributed by atoms with Gasteiger partial charge in [-0.25, -0.2) is 4.39 Å². The van der Waals surface area contributed by atoms with Gasteiger partial charge in [-0.15, -0.1) is 4.31 Å². The third-order valence-corrected chi connectivity index (χ3v) is 7.08. The van der Waals surface area contributed by atoms with Crippen molar-refractivity contribution in [2.24, 2.45) is 13.0 Å². The van der Waals surface area contributed by atoms with Crippen LogP contribution in [0.15, 0.2) is 71.8 Å². The summed E-state index contributed by atoms with van der Waals surface area (Å²) in [7, 11) is -2.10. The summed E-state index contributed by atoms with van der Waals surface area (Å²) < 4.78 is 43.0. The number of carbonyl (C=O) groups is 1. The molecule has 4 rings (SSSR count). The first-order valence-corrected chi connectivity index (χ1v) is 10.9. The highest BCUT2D eigenvalue weighted by molar-refractivity contribution is 7.95. The summed E-state index contributed by atoms with van der Waals surface area (Å²) in [5.41, 5.74) is 0.643. The first-order chi connectivity index (χ1) is 14.3. The molecule has 0 bridgehead atoms. The number of aromatic nitrogens is 2.